The number of nitrogens with one attached hydrogen (secondary N) is 1. The maximum Gasteiger partial charge on any atom is 0.323 e. The number of amides is 2. The van der Waals surface area contributed by atoms with Gasteiger partial charge in [-0.1, -0.05) is 24.3 Å². The lowest BCUT2D eigenvalue weighted by Crippen LogP contribution is -2.41. The van der Waals surface area contributed by atoms with Gasteiger partial charge in [0.1, 0.15) is 0 Å². The van der Waals surface area contributed by atoms with Crippen LogP contribution in [0.2, 0.25) is 0 Å². The normalized spacial score (nSPS) is 17.6. The van der Waals surface area contributed by atoms with Crippen LogP contribution in [0.1, 0.15) is 37.1 Å². The molecular weight excluding hydrogens is 348 g/mol. The summed E-state index contributed by atoms with van der Waals surface area (Å²) in [6, 6.07) is 8.08. The molecule has 136 valence electrons. The van der Waals surface area contributed by atoms with E-state index in [-0.39, 0.29) is 6.03 Å². The van der Waals surface area contributed by atoms with Crippen LogP contribution in [-0.4, -0.2) is 44.0 Å². The number of likely N-dealkylation sites (tertiary alicyclic amines) is 1. The monoisotopic (exact) mass is 370 g/mol. The zero-order valence-corrected chi connectivity index (χ0v) is 15.6. The quantitative estimate of drug-likeness (QED) is 0.759. The van der Waals surface area contributed by atoms with Crippen molar-refractivity contribution in [2.75, 3.05) is 18.4 Å². The first-order chi connectivity index (χ1) is 12.7. The number of nitrogens with zero attached hydrogens (tertiary/aromatic N) is 5. The lowest BCUT2D eigenvalue weighted by Gasteiger charge is -2.31. The molecule has 0 saturated carbocycles. The third-order valence-corrected chi connectivity index (χ3v) is 5.79. The summed E-state index contributed by atoms with van der Waals surface area (Å²) in [6.07, 6.45) is 4.80. The van der Waals surface area contributed by atoms with Crippen molar-refractivity contribution in [1.29, 1.82) is 0 Å². The Bertz CT molecular complexity index is 871. The van der Waals surface area contributed by atoms with Gasteiger partial charge >= 0.3 is 6.03 Å². The zero-order valence-electron chi connectivity index (χ0n) is 14.8. The van der Waals surface area contributed by atoms with Gasteiger partial charge in [-0.25, -0.2) is 9.78 Å². The number of hydrogen-bond donors (Lipinski definition) is 1. The van der Waals surface area contributed by atoms with Gasteiger partial charge in [-0.3, -0.25) is 10.00 Å². The van der Waals surface area contributed by atoms with Crippen molar-refractivity contribution in [2.24, 2.45) is 0 Å². The van der Waals surface area contributed by atoms with Crippen molar-refractivity contribution in [3.63, 3.8) is 0 Å². The Morgan fingerprint density at radius 1 is 1.38 bits per heavy atom. The molecule has 0 unspecified atom stereocenters. The van der Waals surface area contributed by atoms with E-state index < -0.39 is 0 Å². The number of rotatable bonds is 4. The minimum absolute atomic E-state index is 0.112. The first kappa shape index (κ1) is 17.0. The molecule has 8 heteroatoms. The van der Waals surface area contributed by atoms with Crippen LogP contribution in [0.3, 0.4) is 0 Å². The summed E-state index contributed by atoms with van der Waals surface area (Å²) in [5, 5.41) is 12.0. The molecule has 0 radical (unpaired) electrons. The van der Waals surface area contributed by atoms with Gasteiger partial charge < -0.3 is 4.90 Å². The van der Waals surface area contributed by atoms with Gasteiger partial charge in [-0.05, 0) is 31.4 Å². The number of carbonyl (C=O) groups is 1. The van der Waals surface area contributed by atoms with Gasteiger partial charge in [0.05, 0.1) is 21.4 Å². The zero-order chi connectivity index (χ0) is 17.9. The average molecular weight is 370 g/mol. The van der Waals surface area contributed by atoms with Crippen molar-refractivity contribution in [2.45, 2.75) is 38.6 Å². The molecule has 0 bridgehead atoms. The number of benzene rings is 1. The number of anilines is 1. The highest BCUT2D eigenvalue weighted by atomic mass is 32.1. The number of fused-ring (bicyclic) bond motifs is 1. The molecule has 1 aliphatic heterocycles. The fourth-order valence-corrected chi connectivity index (χ4v) is 4.40. The van der Waals surface area contributed by atoms with E-state index in [1.54, 1.807) is 22.2 Å². The summed E-state index contributed by atoms with van der Waals surface area (Å²) in [5.41, 5.74) is 1.04. The number of carbonyl (C=O) groups excluding carboxylic acids is 1. The minimum Gasteiger partial charge on any atom is -0.324 e. The van der Waals surface area contributed by atoms with Gasteiger partial charge in [-0.15, -0.1) is 16.4 Å². The number of hydrogen-bond acceptors (Lipinski definition) is 5. The lowest BCUT2D eigenvalue weighted by molar-refractivity contribution is 0.192. The maximum atomic E-state index is 12.6. The molecular formula is C18H22N6OS. The van der Waals surface area contributed by atoms with Crippen molar-refractivity contribution in [3.05, 3.63) is 35.5 Å². The highest BCUT2D eigenvalue weighted by Gasteiger charge is 2.27. The second-order valence-electron chi connectivity index (χ2n) is 6.60. The molecule has 0 spiro atoms. The van der Waals surface area contributed by atoms with Crippen LogP contribution in [0.5, 0.6) is 0 Å². The third-order valence-electron chi connectivity index (χ3n) is 4.59. The smallest absolute Gasteiger partial charge is 0.323 e. The number of thiazole rings is 1. The average Bonchev–Trinajstić information content (AvgIpc) is 3.29. The SMILES string of the molecule is CCCn1cc(NC(=O)N2CCC[C@@H](c3nc4ccccc4s3)C2)nn1. The van der Waals surface area contributed by atoms with E-state index >= 15 is 0 Å². The number of aryl methyl sites for hydroxylation is 1. The standard InChI is InChI=1S/C18H22N6OS/c1-2-9-24-12-16(21-22-24)20-18(25)23-10-5-6-13(11-23)17-19-14-7-3-4-8-15(14)26-17/h3-4,7-8,12-13H,2,5-6,9-11H2,1H3,(H,20,25)/t13-/m1/s1. The van der Waals surface area contributed by atoms with E-state index in [4.69, 9.17) is 4.98 Å². The van der Waals surface area contributed by atoms with Gasteiger partial charge in [0, 0.05) is 25.6 Å². The van der Waals surface area contributed by atoms with Crippen LogP contribution >= 0.6 is 11.3 Å². The molecule has 1 fully saturated rings. The van der Waals surface area contributed by atoms with E-state index in [9.17, 15) is 4.79 Å². The molecule has 3 heterocycles. The Labute approximate surface area is 156 Å². The number of aromatic nitrogens is 4. The molecule has 7 nitrogen and oxygen atoms in total. The molecule has 3 aromatic rings. The molecule has 26 heavy (non-hydrogen) atoms. The molecule has 1 aliphatic rings. The molecule has 2 amide bonds. The van der Waals surface area contributed by atoms with Gasteiger partial charge in [0.25, 0.3) is 0 Å². The fourth-order valence-electron chi connectivity index (χ4n) is 3.31. The van der Waals surface area contributed by atoms with E-state index in [1.165, 1.54) is 4.70 Å². The van der Waals surface area contributed by atoms with Crippen LogP contribution in [0.4, 0.5) is 10.6 Å². The van der Waals surface area contributed by atoms with Crippen LogP contribution in [0.15, 0.2) is 30.5 Å². The molecule has 1 aromatic carbocycles. The molecule has 4 rings (SSSR count). The Kier molecular flexibility index (Phi) is 4.83. The van der Waals surface area contributed by atoms with Crippen LogP contribution in [-0.2, 0) is 6.54 Å². The van der Waals surface area contributed by atoms with E-state index in [2.05, 4.69) is 28.6 Å². The predicted molar refractivity (Wildman–Crippen MR) is 102 cm³/mol. The summed E-state index contributed by atoms with van der Waals surface area (Å²) in [6.45, 7) is 4.33. The lowest BCUT2D eigenvalue weighted by atomic mass is 9.99. The maximum absolute atomic E-state index is 12.6. The second kappa shape index (κ2) is 7.41. The molecule has 1 saturated heterocycles. The summed E-state index contributed by atoms with van der Waals surface area (Å²) < 4.78 is 2.95. The number of piperidine rings is 1. The third kappa shape index (κ3) is 3.55. The first-order valence-corrected chi connectivity index (χ1v) is 9.86. The minimum atomic E-state index is -0.112. The topological polar surface area (TPSA) is 75.9 Å². The summed E-state index contributed by atoms with van der Waals surface area (Å²) >= 11 is 1.74. The van der Waals surface area contributed by atoms with Gasteiger partial charge in [-0.2, -0.15) is 0 Å². The fraction of sp³-hybridized carbons (Fsp3) is 0.444. The first-order valence-electron chi connectivity index (χ1n) is 9.04. The molecule has 1 atom stereocenters. The van der Waals surface area contributed by atoms with Crippen molar-refractivity contribution in [1.82, 2.24) is 24.9 Å². The molecule has 1 N–H and O–H groups in total. The largest absolute Gasteiger partial charge is 0.324 e. The molecule has 0 aliphatic carbocycles. The van der Waals surface area contributed by atoms with Crippen molar-refractivity contribution in [3.8, 4) is 0 Å². The van der Waals surface area contributed by atoms with Crippen LogP contribution in [0, 0.1) is 0 Å². The van der Waals surface area contributed by atoms with E-state index in [0.29, 0.717) is 18.3 Å². The van der Waals surface area contributed by atoms with Crippen molar-refractivity contribution >= 4 is 33.4 Å². The van der Waals surface area contributed by atoms with Crippen LogP contribution < -0.4 is 5.32 Å². The predicted octanol–water partition coefficient (Wildman–Crippen LogP) is 3.71. The van der Waals surface area contributed by atoms with Crippen molar-refractivity contribution < 1.29 is 4.79 Å². The molecule has 2 aromatic heterocycles. The van der Waals surface area contributed by atoms with Gasteiger partial charge in [0.2, 0.25) is 0 Å². The van der Waals surface area contributed by atoms with Crippen LogP contribution in [0.25, 0.3) is 10.2 Å². The Balaban J connectivity index is 1.43. The van der Waals surface area contributed by atoms with E-state index in [1.807, 2.05) is 23.1 Å². The highest BCUT2D eigenvalue weighted by Crippen LogP contribution is 2.33. The van der Waals surface area contributed by atoms with Gasteiger partial charge in [0.15, 0.2) is 5.82 Å². The summed E-state index contributed by atoms with van der Waals surface area (Å²) in [5.74, 6) is 0.799. The second-order valence-corrected chi connectivity index (χ2v) is 7.66. The highest BCUT2D eigenvalue weighted by molar-refractivity contribution is 7.18. The number of urea groups is 1. The Morgan fingerprint density at radius 3 is 3.12 bits per heavy atom. The van der Waals surface area contributed by atoms with E-state index in [0.717, 1.165) is 42.9 Å². The Morgan fingerprint density at radius 2 is 2.27 bits per heavy atom. The Hall–Kier alpha value is -2.48. The number of para-hydroxylation sites is 1. The summed E-state index contributed by atoms with van der Waals surface area (Å²) in [7, 11) is 0. The summed E-state index contributed by atoms with van der Waals surface area (Å²) in [4.78, 5) is 19.2.